The maximum Gasteiger partial charge on any atom is 0.267 e. The monoisotopic (exact) mass is 346 g/mol. The number of aromatic nitrogens is 3. The van der Waals surface area contributed by atoms with Gasteiger partial charge >= 0.3 is 0 Å². The molecule has 3 aromatic rings. The second kappa shape index (κ2) is 7.27. The first-order valence-electron chi connectivity index (χ1n) is 7.65. The number of rotatable bonds is 4. The van der Waals surface area contributed by atoms with Gasteiger partial charge in [0.2, 0.25) is 5.91 Å². The van der Waals surface area contributed by atoms with Crippen molar-refractivity contribution >= 4 is 17.4 Å². The number of benzene rings is 1. The van der Waals surface area contributed by atoms with Crippen molar-refractivity contribution in [2.24, 2.45) is 0 Å². The predicted molar refractivity (Wildman–Crippen MR) is 95.9 cm³/mol. The molecule has 3 rings (SSSR count). The first-order chi connectivity index (χ1) is 12.5. The maximum atomic E-state index is 12.2. The van der Waals surface area contributed by atoms with E-state index in [0.717, 1.165) is 4.68 Å². The van der Waals surface area contributed by atoms with Crippen LogP contribution in [0.15, 0.2) is 59.5 Å². The van der Waals surface area contributed by atoms with Crippen LogP contribution in [0.5, 0.6) is 0 Å². The molecule has 8 heteroatoms. The number of nitriles is 1. The van der Waals surface area contributed by atoms with Gasteiger partial charge in [-0.3, -0.25) is 9.59 Å². The summed E-state index contributed by atoms with van der Waals surface area (Å²) in [4.78, 5) is 28.1. The predicted octanol–water partition coefficient (Wildman–Crippen LogP) is 1.40. The average molecular weight is 346 g/mol. The van der Waals surface area contributed by atoms with Gasteiger partial charge in [0, 0.05) is 23.5 Å². The van der Waals surface area contributed by atoms with Gasteiger partial charge in [-0.2, -0.15) is 10.4 Å². The van der Waals surface area contributed by atoms with Gasteiger partial charge in [-0.15, -0.1) is 0 Å². The van der Waals surface area contributed by atoms with Crippen LogP contribution in [0, 0.1) is 11.3 Å². The van der Waals surface area contributed by atoms with Crippen molar-refractivity contribution in [1.29, 1.82) is 5.26 Å². The maximum absolute atomic E-state index is 12.2. The molecule has 0 aliphatic heterocycles. The highest BCUT2D eigenvalue weighted by molar-refractivity contribution is 5.90. The molecule has 0 unspecified atom stereocenters. The first-order valence-corrected chi connectivity index (χ1v) is 7.65. The Balaban J connectivity index is 1.81. The van der Waals surface area contributed by atoms with Gasteiger partial charge in [-0.25, -0.2) is 9.67 Å². The minimum atomic E-state index is -0.430. The van der Waals surface area contributed by atoms with Crippen LogP contribution >= 0.6 is 0 Å². The summed E-state index contributed by atoms with van der Waals surface area (Å²) in [7, 11) is 0. The number of anilines is 2. The molecule has 0 aliphatic rings. The Morgan fingerprint density at radius 2 is 2.08 bits per heavy atom. The summed E-state index contributed by atoms with van der Waals surface area (Å²) in [5.41, 5.74) is 7.34. The fourth-order valence-electron chi connectivity index (χ4n) is 2.33. The van der Waals surface area contributed by atoms with Crippen molar-refractivity contribution in [3.8, 4) is 17.3 Å². The fraction of sp³-hybridized carbons (Fsp3) is 0.0556. The van der Waals surface area contributed by atoms with E-state index in [1.165, 1.54) is 12.3 Å². The molecule has 0 aliphatic carbocycles. The Morgan fingerprint density at radius 3 is 2.85 bits per heavy atom. The molecule has 0 spiro atoms. The molecule has 0 radical (unpaired) electrons. The fourth-order valence-corrected chi connectivity index (χ4v) is 2.33. The van der Waals surface area contributed by atoms with E-state index >= 15 is 0 Å². The van der Waals surface area contributed by atoms with E-state index in [1.54, 1.807) is 42.5 Å². The van der Waals surface area contributed by atoms with E-state index in [4.69, 9.17) is 11.0 Å². The number of nitrogens with two attached hydrogens (primary N) is 1. The summed E-state index contributed by atoms with van der Waals surface area (Å²) in [5.74, 6) is -0.0988. The Labute approximate surface area is 148 Å². The largest absolute Gasteiger partial charge is 0.384 e. The van der Waals surface area contributed by atoms with Crippen molar-refractivity contribution in [2.45, 2.75) is 6.54 Å². The van der Waals surface area contributed by atoms with Gasteiger partial charge in [-0.1, -0.05) is 6.07 Å². The molecule has 0 fully saturated rings. The van der Waals surface area contributed by atoms with E-state index in [0.29, 0.717) is 28.3 Å². The zero-order valence-electron chi connectivity index (χ0n) is 13.6. The molecule has 0 bridgehead atoms. The highest BCUT2D eigenvalue weighted by Gasteiger charge is 2.09. The number of amides is 1. The molecule has 8 nitrogen and oxygen atoms in total. The molecule has 2 aromatic heterocycles. The van der Waals surface area contributed by atoms with Crippen molar-refractivity contribution in [1.82, 2.24) is 14.8 Å². The van der Waals surface area contributed by atoms with Gasteiger partial charge in [0.15, 0.2) is 0 Å². The van der Waals surface area contributed by atoms with E-state index < -0.39 is 11.5 Å². The quantitative estimate of drug-likeness (QED) is 0.735. The summed E-state index contributed by atoms with van der Waals surface area (Å²) in [6.07, 6.45) is 1.54. The van der Waals surface area contributed by atoms with Gasteiger partial charge in [0.25, 0.3) is 5.56 Å². The standard InChI is InChI=1S/C18H14N6O2/c19-10-12-2-1-3-14(8-12)22-17(25)11-24-18(26)5-4-15(23-24)13-6-7-21-16(20)9-13/h1-9H,11H2,(H2,20,21)(H,22,25). The van der Waals surface area contributed by atoms with Gasteiger partial charge in [0.1, 0.15) is 12.4 Å². The lowest BCUT2D eigenvalue weighted by Crippen LogP contribution is -2.29. The van der Waals surface area contributed by atoms with Crippen molar-refractivity contribution in [2.75, 3.05) is 11.1 Å². The van der Waals surface area contributed by atoms with E-state index in [2.05, 4.69) is 15.4 Å². The summed E-state index contributed by atoms with van der Waals surface area (Å²) in [6, 6.07) is 14.7. The first kappa shape index (κ1) is 16.9. The Kier molecular flexibility index (Phi) is 4.71. The molecule has 1 aromatic carbocycles. The van der Waals surface area contributed by atoms with E-state index in [1.807, 2.05) is 6.07 Å². The smallest absolute Gasteiger partial charge is 0.267 e. The van der Waals surface area contributed by atoms with Crippen molar-refractivity contribution in [3.05, 3.63) is 70.6 Å². The number of nitrogens with one attached hydrogen (secondary N) is 1. The molecular weight excluding hydrogens is 332 g/mol. The molecule has 26 heavy (non-hydrogen) atoms. The summed E-state index contributed by atoms with van der Waals surface area (Å²) in [6.45, 7) is -0.260. The highest BCUT2D eigenvalue weighted by Crippen LogP contribution is 2.16. The van der Waals surface area contributed by atoms with Gasteiger partial charge in [0.05, 0.1) is 17.3 Å². The van der Waals surface area contributed by atoms with Crippen LogP contribution in [0.2, 0.25) is 0 Å². The van der Waals surface area contributed by atoms with Crippen LogP contribution in [0.25, 0.3) is 11.3 Å². The molecule has 0 atom stereocenters. The molecule has 3 N–H and O–H groups in total. The Bertz CT molecular complexity index is 1070. The third-order valence-electron chi connectivity index (χ3n) is 3.51. The van der Waals surface area contributed by atoms with Crippen molar-refractivity contribution < 1.29 is 4.79 Å². The second-order valence-electron chi connectivity index (χ2n) is 5.42. The lowest BCUT2D eigenvalue weighted by atomic mass is 10.2. The van der Waals surface area contributed by atoms with Gasteiger partial charge in [-0.05, 0) is 36.4 Å². The zero-order valence-corrected chi connectivity index (χ0v) is 13.6. The number of nitrogens with zero attached hydrogens (tertiary/aromatic N) is 4. The molecular formula is C18H14N6O2. The minimum Gasteiger partial charge on any atom is -0.384 e. The number of nitrogen functional groups attached to an aromatic ring is 1. The second-order valence-corrected chi connectivity index (χ2v) is 5.42. The molecule has 0 saturated heterocycles. The number of hydrogen-bond donors (Lipinski definition) is 2. The number of carbonyl (C=O) groups is 1. The summed E-state index contributed by atoms with van der Waals surface area (Å²) < 4.78 is 1.06. The van der Waals surface area contributed by atoms with E-state index in [9.17, 15) is 9.59 Å². The van der Waals surface area contributed by atoms with Crippen LogP contribution in [-0.2, 0) is 11.3 Å². The molecule has 0 saturated carbocycles. The summed E-state index contributed by atoms with van der Waals surface area (Å²) in [5, 5.41) is 15.7. The van der Waals surface area contributed by atoms with Gasteiger partial charge < -0.3 is 11.1 Å². The number of carbonyl (C=O) groups excluding carboxylic acids is 1. The van der Waals surface area contributed by atoms with Crippen LogP contribution in [-0.4, -0.2) is 20.7 Å². The average Bonchev–Trinajstić information content (AvgIpc) is 2.63. The molecule has 128 valence electrons. The molecule has 2 heterocycles. The topological polar surface area (TPSA) is 127 Å². The van der Waals surface area contributed by atoms with E-state index in [-0.39, 0.29) is 6.54 Å². The van der Waals surface area contributed by atoms with Crippen LogP contribution < -0.4 is 16.6 Å². The molecule has 1 amide bonds. The lowest BCUT2D eigenvalue weighted by molar-refractivity contribution is -0.117. The van der Waals surface area contributed by atoms with Crippen LogP contribution in [0.1, 0.15) is 5.56 Å². The highest BCUT2D eigenvalue weighted by atomic mass is 16.2. The number of pyridine rings is 1. The van der Waals surface area contributed by atoms with Crippen molar-refractivity contribution in [3.63, 3.8) is 0 Å². The van der Waals surface area contributed by atoms with Crippen LogP contribution in [0.4, 0.5) is 11.5 Å². The lowest BCUT2D eigenvalue weighted by Gasteiger charge is -2.08. The third-order valence-corrected chi connectivity index (χ3v) is 3.51. The zero-order chi connectivity index (χ0) is 18.5. The third kappa shape index (κ3) is 3.91. The van der Waals surface area contributed by atoms with Crippen LogP contribution in [0.3, 0.4) is 0 Å². The number of hydrogen-bond acceptors (Lipinski definition) is 6. The Morgan fingerprint density at radius 1 is 1.23 bits per heavy atom. The minimum absolute atomic E-state index is 0.260. The Hall–Kier alpha value is -3.99. The summed E-state index contributed by atoms with van der Waals surface area (Å²) >= 11 is 0. The normalized spacial score (nSPS) is 10.1. The SMILES string of the molecule is N#Cc1cccc(NC(=O)Cn2nc(-c3ccnc(N)c3)ccc2=O)c1.